The molecule has 3 rings (SSSR count). The summed E-state index contributed by atoms with van der Waals surface area (Å²) in [7, 11) is 0. The molecule has 3 aromatic rings. The van der Waals surface area contributed by atoms with Gasteiger partial charge in [0.1, 0.15) is 6.04 Å². The highest BCUT2D eigenvalue weighted by Crippen LogP contribution is 2.25. The van der Waals surface area contributed by atoms with Crippen molar-refractivity contribution >= 4 is 35.0 Å². The van der Waals surface area contributed by atoms with Crippen LogP contribution >= 0.6 is 23.2 Å². The molecular weight excluding hydrogens is 419 g/mol. The zero-order valence-electron chi connectivity index (χ0n) is 16.5. The smallest absolute Gasteiger partial charge is 0.247 e. The van der Waals surface area contributed by atoms with Crippen LogP contribution in [0.2, 0.25) is 10.0 Å². The molecule has 154 valence electrons. The Kier molecular flexibility index (Phi) is 7.50. The van der Waals surface area contributed by atoms with Crippen LogP contribution in [-0.2, 0) is 22.7 Å². The maximum Gasteiger partial charge on any atom is 0.247 e. The van der Waals surface area contributed by atoms with Crippen molar-refractivity contribution in [1.82, 2.24) is 10.2 Å². The van der Waals surface area contributed by atoms with Crippen molar-refractivity contribution in [3.63, 3.8) is 0 Å². The summed E-state index contributed by atoms with van der Waals surface area (Å²) in [5.41, 5.74) is 2.43. The molecule has 0 spiro atoms. The topological polar surface area (TPSA) is 49.4 Å². The third-order valence-corrected chi connectivity index (χ3v) is 5.33. The average Bonchev–Trinajstić information content (AvgIpc) is 2.74. The number of nitrogens with one attached hydrogen (secondary N) is 1. The van der Waals surface area contributed by atoms with E-state index in [4.69, 9.17) is 23.2 Å². The van der Waals surface area contributed by atoms with Crippen molar-refractivity contribution in [2.75, 3.05) is 0 Å². The second-order valence-electron chi connectivity index (χ2n) is 6.90. The Morgan fingerprint density at radius 1 is 0.933 bits per heavy atom. The molecule has 4 nitrogen and oxygen atoms in total. The van der Waals surface area contributed by atoms with Gasteiger partial charge in [0.2, 0.25) is 11.8 Å². The minimum atomic E-state index is -0.769. The Bertz CT molecular complexity index is 1010. The fraction of sp³-hybridized carbons (Fsp3) is 0.167. The molecule has 3 aromatic carbocycles. The minimum Gasteiger partial charge on any atom is -0.350 e. The van der Waals surface area contributed by atoms with Crippen LogP contribution in [0.15, 0.2) is 78.9 Å². The van der Waals surface area contributed by atoms with Crippen LogP contribution in [0.1, 0.15) is 29.7 Å². The van der Waals surface area contributed by atoms with Crippen molar-refractivity contribution in [2.24, 2.45) is 0 Å². The van der Waals surface area contributed by atoms with Crippen molar-refractivity contribution in [3.8, 4) is 0 Å². The van der Waals surface area contributed by atoms with E-state index in [9.17, 15) is 9.59 Å². The van der Waals surface area contributed by atoms with Gasteiger partial charge in [0.15, 0.2) is 0 Å². The van der Waals surface area contributed by atoms with E-state index >= 15 is 0 Å². The van der Waals surface area contributed by atoms with E-state index in [0.29, 0.717) is 16.6 Å². The standard InChI is InChI=1S/C24H22Cl2N2O2/c1-17(29)28(16-18-8-4-2-5-9-18)23(19-10-6-3-7-11-19)24(30)27-15-20-12-13-21(25)14-22(20)26/h2-14,23H,15-16H2,1H3,(H,27,30)/t23-/m1/s1. The zero-order chi connectivity index (χ0) is 21.5. The molecule has 0 saturated heterocycles. The summed E-state index contributed by atoms with van der Waals surface area (Å²) in [6.45, 7) is 2.03. The van der Waals surface area contributed by atoms with Gasteiger partial charge in [-0.1, -0.05) is 89.9 Å². The molecule has 0 unspecified atom stereocenters. The Morgan fingerprint density at radius 3 is 2.17 bits per heavy atom. The van der Waals surface area contributed by atoms with Gasteiger partial charge in [-0.25, -0.2) is 0 Å². The number of halogens is 2. The predicted octanol–water partition coefficient (Wildman–Crippen LogP) is 5.40. The molecule has 30 heavy (non-hydrogen) atoms. The lowest BCUT2D eigenvalue weighted by molar-refractivity contribution is -0.140. The monoisotopic (exact) mass is 440 g/mol. The summed E-state index contributed by atoms with van der Waals surface area (Å²) in [5.74, 6) is -0.467. The van der Waals surface area contributed by atoms with Gasteiger partial charge in [-0.15, -0.1) is 0 Å². The van der Waals surface area contributed by atoms with Crippen LogP contribution in [0.3, 0.4) is 0 Å². The van der Waals surface area contributed by atoms with Crippen LogP contribution in [-0.4, -0.2) is 16.7 Å². The van der Waals surface area contributed by atoms with Gasteiger partial charge >= 0.3 is 0 Å². The molecule has 0 aliphatic rings. The minimum absolute atomic E-state index is 0.188. The third-order valence-electron chi connectivity index (χ3n) is 4.74. The molecule has 0 radical (unpaired) electrons. The Labute approximate surface area is 186 Å². The summed E-state index contributed by atoms with van der Waals surface area (Å²) in [6.07, 6.45) is 0. The lowest BCUT2D eigenvalue weighted by Gasteiger charge is -2.30. The highest BCUT2D eigenvalue weighted by molar-refractivity contribution is 6.35. The molecule has 1 atom stereocenters. The van der Waals surface area contributed by atoms with E-state index in [1.54, 1.807) is 23.1 Å². The largest absolute Gasteiger partial charge is 0.350 e. The van der Waals surface area contributed by atoms with Crippen molar-refractivity contribution in [2.45, 2.75) is 26.1 Å². The van der Waals surface area contributed by atoms with E-state index in [0.717, 1.165) is 16.7 Å². The van der Waals surface area contributed by atoms with Crippen LogP contribution < -0.4 is 5.32 Å². The molecule has 0 aromatic heterocycles. The van der Waals surface area contributed by atoms with Gasteiger partial charge in [0, 0.05) is 30.1 Å². The SMILES string of the molecule is CC(=O)N(Cc1ccccc1)[C@@H](C(=O)NCc1ccc(Cl)cc1Cl)c1ccccc1. The second kappa shape index (κ2) is 10.3. The van der Waals surface area contributed by atoms with Gasteiger partial charge in [-0.05, 0) is 28.8 Å². The third kappa shape index (κ3) is 5.62. The Morgan fingerprint density at radius 2 is 1.57 bits per heavy atom. The molecule has 6 heteroatoms. The van der Waals surface area contributed by atoms with E-state index < -0.39 is 6.04 Å². The molecule has 0 aliphatic heterocycles. The lowest BCUT2D eigenvalue weighted by Crippen LogP contribution is -2.42. The molecule has 2 amide bonds. The van der Waals surface area contributed by atoms with E-state index in [1.807, 2.05) is 60.7 Å². The summed E-state index contributed by atoms with van der Waals surface area (Å²) in [6, 6.07) is 23.2. The first-order valence-electron chi connectivity index (χ1n) is 9.53. The van der Waals surface area contributed by atoms with Gasteiger partial charge in [-0.3, -0.25) is 9.59 Å². The van der Waals surface area contributed by atoms with Crippen LogP contribution in [0.25, 0.3) is 0 Å². The molecule has 1 N–H and O–H groups in total. The molecular formula is C24H22Cl2N2O2. The Hall–Kier alpha value is -2.82. The van der Waals surface area contributed by atoms with Gasteiger partial charge < -0.3 is 10.2 Å². The quantitative estimate of drug-likeness (QED) is 0.534. The van der Waals surface area contributed by atoms with Gasteiger partial charge in [0.25, 0.3) is 0 Å². The number of carbonyl (C=O) groups excluding carboxylic acids is 2. The number of hydrogen-bond donors (Lipinski definition) is 1. The summed E-state index contributed by atoms with van der Waals surface area (Å²) in [4.78, 5) is 27.4. The number of benzene rings is 3. The normalized spacial score (nSPS) is 11.6. The second-order valence-corrected chi connectivity index (χ2v) is 7.74. The first kappa shape index (κ1) is 21.9. The number of rotatable bonds is 7. The van der Waals surface area contributed by atoms with E-state index in [2.05, 4.69) is 5.32 Å². The highest BCUT2D eigenvalue weighted by Gasteiger charge is 2.29. The maximum absolute atomic E-state index is 13.3. The zero-order valence-corrected chi connectivity index (χ0v) is 18.0. The summed E-state index contributed by atoms with van der Waals surface area (Å²) >= 11 is 12.2. The van der Waals surface area contributed by atoms with Crippen LogP contribution in [0.5, 0.6) is 0 Å². The molecule has 0 heterocycles. The number of hydrogen-bond acceptors (Lipinski definition) is 2. The Balaban J connectivity index is 1.87. The van der Waals surface area contributed by atoms with E-state index in [-0.39, 0.29) is 18.4 Å². The number of amides is 2. The van der Waals surface area contributed by atoms with Crippen molar-refractivity contribution < 1.29 is 9.59 Å². The first-order valence-corrected chi connectivity index (χ1v) is 10.3. The fourth-order valence-corrected chi connectivity index (χ4v) is 3.69. The molecule has 0 bridgehead atoms. The van der Waals surface area contributed by atoms with Crippen LogP contribution in [0, 0.1) is 0 Å². The highest BCUT2D eigenvalue weighted by atomic mass is 35.5. The maximum atomic E-state index is 13.3. The average molecular weight is 441 g/mol. The van der Waals surface area contributed by atoms with Crippen molar-refractivity contribution in [1.29, 1.82) is 0 Å². The van der Waals surface area contributed by atoms with Gasteiger partial charge in [0.05, 0.1) is 0 Å². The first-order chi connectivity index (χ1) is 14.5. The molecule has 0 fully saturated rings. The fourth-order valence-electron chi connectivity index (χ4n) is 3.22. The lowest BCUT2D eigenvalue weighted by atomic mass is 10.0. The summed E-state index contributed by atoms with van der Waals surface area (Å²) < 4.78 is 0. The number of carbonyl (C=O) groups is 2. The molecule has 0 saturated carbocycles. The van der Waals surface area contributed by atoms with Crippen molar-refractivity contribution in [3.05, 3.63) is 106 Å². The van der Waals surface area contributed by atoms with E-state index in [1.165, 1.54) is 6.92 Å². The molecule has 0 aliphatic carbocycles. The number of nitrogens with zero attached hydrogens (tertiary/aromatic N) is 1. The predicted molar refractivity (Wildman–Crippen MR) is 120 cm³/mol. The van der Waals surface area contributed by atoms with Crippen LogP contribution in [0.4, 0.5) is 0 Å². The summed E-state index contributed by atoms with van der Waals surface area (Å²) in [5, 5.41) is 3.93. The van der Waals surface area contributed by atoms with Gasteiger partial charge in [-0.2, -0.15) is 0 Å².